The molecular formula is C27H18N2OS2. The van der Waals surface area contributed by atoms with E-state index >= 15 is 0 Å². The smallest absolute Gasteiger partial charge is 0.156 e. The van der Waals surface area contributed by atoms with E-state index in [1.165, 1.54) is 22.5 Å². The third-order valence-electron chi connectivity index (χ3n) is 5.01. The third-order valence-corrected chi connectivity index (χ3v) is 7.04. The van der Waals surface area contributed by atoms with Gasteiger partial charge in [-0.15, -0.1) is 11.3 Å². The highest BCUT2D eigenvalue weighted by Crippen LogP contribution is 2.34. The molecule has 0 atom stereocenters. The Bertz CT molecular complexity index is 1440. The molecule has 0 aliphatic carbocycles. The van der Waals surface area contributed by atoms with Crippen molar-refractivity contribution in [3.8, 4) is 11.8 Å². The summed E-state index contributed by atoms with van der Waals surface area (Å²) in [5.74, 6) is 0.772. The Labute approximate surface area is 194 Å². The number of aromatic nitrogens is 1. The summed E-state index contributed by atoms with van der Waals surface area (Å²) in [5.41, 5.74) is 3.03. The molecule has 0 fully saturated rings. The van der Waals surface area contributed by atoms with Crippen molar-refractivity contribution in [1.29, 1.82) is 5.26 Å². The number of fused-ring (bicyclic) bond motifs is 2. The van der Waals surface area contributed by atoms with Crippen LogP contribution in [0.25, 0.3) is 27.1 Å². The summed E-state index contributed by atoms with van der Waals surface area (Å²) in [6.45, 7) is 0.486. The van der Waals surface area contributed by atoms with Crippen molar-refractivity contribution in [2.24, 2.45) is 0 Å². The molecule has 0 saturated carbocycles. The Kier molecular flexibility index (Phi) is 5.89. The molecular weight excluding hydrogens is 432 g/mol. The van der Waals surface area contributed by atoms with E-state index in [0.29, 0.717) is 11.5 Å². The Balaban J connectivity index is 1.33. The van der Waals surface area contributed by atoms with Gasteiger partial charge in [0.1, 0.15) is 18.4 Å². The molecule has 0 N–H and O–H groups in total. The van der Waals surface area contributed by atoms with Gasteiger partial charge >= 0.3 is 0 Å². The van der Waals surface area contributed by atoms with Crippen LogP contribution in [0.4, 0.5) is 0 Å². The normalized spacial score (nSPS) is 11.5. The first-order valence-electron chi connectivity index (χ1n) is 10.1. The number of thiazole rings is 1. The van der Waals surface area contributed by atoms with Gasteiger partial charge in [-0.2, -0.15) is 5.26 Å². The second-order valence-electron chi connectivity index (χ2n) is 7.17. The predicted octanol–water partition coefficient (Wildman–Crippen LogP) is 7.69. The average molecular weight is 451 g/mol. The molecule has 3 nitrogen and oxygen atoms in total. The lowest BCUT2D eigenvalue weighted by Gasteiger charge is -2.10. The zero-order valence-electron chi connectivity index (χ0n) is 17.1. The fourth-order valence-corrected chi connectivity index (χ4v) is 5.47. The van der Waals surface area contributed by atoms with E-state index < -0.39 is 0 Å². The second-order valence-corrected chi connectivity index (χ2v) is 9.49. The van der Waals surface area contributed by atoms with Crippen molar-refractivity contribution < 1.29 is 4.74 Å². The number of nitriles is 1. The van der Waals surface area contributed by atoms with E-state index in [2.05, 4.69) is 41.4 Å². The van der Waals surface area contributed by atoms with Crippen LogP contribution in [0.1, 0.15) is 11.1 Å². The zero-order valence-corrected chi connectivity index (χ0v) is 18.7. The Morgan fingerprint density at radius 2 is 1.78 bits per heavy atom. The van der Waals surface area contributed by atoms with Crippen molar-refractivity contribution in [3.63, 3.8) is 0 Å². The number of hydrogen-bond donors (Lipinski definition) is 0. The van der Waals surface area contributed by atoms with E-state index in [1.54, 1.807) is 11.3 Å². The van der Waals surface area contributed by atoms with Gasteiger partial charge in [-0.3, -0.25) is 0 Å². The van der Waals surface area contributed by atoms with Gasteiger partial charge in [-0.1, -0.05) is 66.7 Å². The molecule has 5 aromatic rings. The van der Waals surface area contributed by atoms with Gasteiger partial charge in [-0.25, -0.2) is 4.98 Å². The van der Waals surface area contributed by atoms with Crippen LogP contribution in [-0.4, -0.2) is 4.98 Å². The molecule has 0 aliphatic heterocycles. The van der Waals surface area contributed by atoms with Gasteiger partial charge < -0.3 is 4.74 Å². The van der Waals surface area contributed by atoms with Crippen LogP contribution in [0.3, 0.4) is 0 Å². The number of ether oxygens (including phenoxy) is 1. The highest BCUT2D eigenvalue weighted by atomic mass is 32.2. The fourth-order valence-electron chi connectivity index (χ4n) is 3.50. The number of rotatable bonds is 6. The lowest BCUT2D eigenvalue weighted by atomic mass is 10.1. The summed E-state index contributed by atoms with van der Waals surface area (Å²) < 4.78 is 8.07. The first-order chi connectivity index (χ1) is 15.8. The molecule has 1 aromatic heterocycles. The van der Waals surface area contributed by atoms with E-state index in [1.807, 2.05) is 66.7 Å². The van der Waals surface area contributed by atoms with Crippen LogP contribution in [0.5, 0.6) is 5.75 Å². The standard InChI is InChI=1S/C27H18N2OS2/c28-17-23(31-27-29-25-13-3-4-14-26(25)32-27)16-19-7-5-11-22(15-19)30-18-21-10-6-9-20-8-1-2-12-24(20)21/h1-16H,18H2. The zero-order chi connectivity index (χ0) is 21.8. The molecule has 0 spiro atoms. The maximum Gasteiger partial charge on any atom is 0.156 e. The minimum absolute atomic E-state index is 0.486. The first kappa shape index (κ1) is 20.3. The molecule has 5 heteroatoms. The van der Waals surface area contributed by atoms with E-state index in [-0.39, 0.29) is 0 Å². The molecule has 0 unspecified atom stereocenters. The monoisotopic (exact) mass is 450 g/mol. The average Bonchev–Trinajstić information content (AvgIpc) is 3.25. The molecule has 1 heterocycles. The summed E-state index contributed by atoms with van der Waals surface area (Å²) >= 11 is 2.99. The third kappa shape index (κ3) is 4.52. The number of para-hydroxylation sites is 1. The van der Waals surface area contributed by atoms with Gasteiger partial charge in [0, 0.05) is 0 Å². The molecule has 4 aromatic carbocycles. The van der Waals surface area contributed by atoms with E-state index in [4.69, 9.17) is 4.74 Å². The van der Waals surface area contributed by atoms with Crippen molar-refractivity contribution in [3.05, 3.63) is 107 Å². The Hall–Kier alpha value is -3.59. The van der Waals surface area contributed by atoms with E-state index in [0.717, 1.165) is 31.4 Å². The van der Waals surface area contributed by atoms with Crippen LogP contribution in [0.15, 0.2) is 100 Å². The number of thioether (sulfide) groups is 1. The van der Waals surface area contributed by atoms with Crippen molar-refractivity contribution in [2.45, 2.75) is 10.9 Å². The van der Waals surface area contributed by atoms with Gasteiger partial charge in [0.2, 0.25) is 0 Å². The van der Waals surface area contributed by atoms with Crippen molar-refractivity contribution >= 4 is 50.2 Å². The van der Waals surface area contributed by atoms with Gasteiger partial charge in [0.15, 0.2) is 4.34 Å². The van der Waals surface area contributed by atoms with Crippen LogP contribution in [0.2, 0.25) is 0 Å². The SMILES string of the molecule is N#CC(=Cc1cccc(OCc2cccc3ccccc23)c1)Sc1nc2ccccc2s1. The molecule has 5 rings (SSSR count). The number of allylic oxidation sites excluding steroid dienone is 1. The van der Waals surface area contributed by atoms with Gasteiger partial charge in [0.05, 0.1) is 15.1 Å². The van der Waals surface area contributed by atoms with Crippen LogP contribution < -0.4 is 4.74 Å². The van der Waals surface area contributed by atoms with Crippen molar-refractivity contribution in [1.82, 2.24) is 4.98 Å². The van der Waals surface area contributed by atoms with Crippen LogP contribution >= 0.6 is 23.1 Å². The molecule has 0 bridgehead atoms. The highest BCUT2D eigenvalue weighted by molar-refractivity contribution is 8.05. The number of hydrogen-bond acceptors (Lipinski definition) is 5. The lowest BCUT2D eigenvalue weighted by Crippen LogP contribution is -1.96. The summed E-state index contributed by atoms with van der Waals surface area (Å²) in [7, 11) is 0. The first-order valence-corrected chi connectivity index (χ1v) is 11.8. The number of benzene rings is 4. The fraction of sp³-hybridized carbons (Fsp3) is 0.0370. The minimum Gasteiger partial charge on any atom is -0.489 e. The Morgan fingerprint density at radius 1 is 0.969 bits per heavy atom. The Morgan fingerprint density at radius 3 is 2.69 bits per heavy atom. The summed E-state index contributed by atoms with van der Waals surface area (Å²) in [4.78, 5) is 5.21. The summed E-state index contributed by atoms with van der Waals surface area (Å²) in [5, 5.41) is 12.1. The maximum absolute atomic E-state index is 9.65. The second kappa shape index (κ2) is 9.27. The van der Waals surface area contributed by atoms with E-state index in [9.17, 15) is 5.26 Å². The summed E-state index contributed by atoms with van der Waals surface area (Å²) in [6, 6.07) is 32.7. The quantitative estimate of drug-likeness (QED) is 0.196. The summed E-state index contributed by atoms with van der Waals surface area (Å²) in [6.07, 6.45) is 1.88. The lowest BCUT2D eigenvalue weighted by molar-refractivity contribution is 0.307. The molecule has 0 amide bonds. The highest BCUT2D eigenvalue weighted by Gasteiger charge is 2.08. The molecule has 0 saturated heterocycles. The number of nitrogens with zero attached hydrogens (tertiary/aromatic N) is 2. The molecule has 32 heavy (non-hydrogen) atoms. The van der Waals surface area contributed by atoms with Crippen LogP contribution in [-0.2, 0) is 6.61 Å². The topological polar surface area (TPSA) is 45.9 Å². The molecule has 0 aliphatic rings. The largest absolute Gasteiger partial charge is 0.489 e. The van der Waals surface area contributed by atoms with Gasteiger partial charge in [0.25, 0.3) is 0 Å². The molecule has 0 radical (unpaired) electrons. The predicted molar refractivity (Wildman–Crippen MR) is 134 cm³/mol. The maximum atomic E-state index is 9.65. The van der Waals surface area contributed by atoms with Crippen LogP contribution in [0, 0.1) is 11.3 Å². The minimum atomic E-state index is 0.486. The van der Waals surface area contributed by atoms with Crippen molar-refractivity contribution in [2.75, 3.05) is 0 Å². The van der Waals surface area contributed by atoms with Gasteiger partial charge in [-0.05, 0) is 64.0 Å². The molecule has 154 valence electrons.